The summed E-state index contributed by atoms with van der Waals surface area (Å²) in [5.74, 6) is -1.72. The van der Waals surface area contributed by atoms with Crippen LogP contribution < -0.4 is 16.4 Å². The molecule has 370 valence electrons. The molecule has 12 N–H and O–H groups in total. The molecule has 13 nitrogen and oxygen atoms in total. The summed E-state index contributed by atoms with van der Waals surface area (Å²) in [5, 5.41) is 103. The highest BCUT2D eigenvalue weighted by atomic mass is 16.5. The summed E-state index contributed by atoms with van der Waals surface area (Å²) in [6, 6.07) is 0. The van der Waals surface area contributed by atoms with Crippen LogP contribution in [0, 0.1) is 58.2 Å². The largest absolute Gasteiger partial charge is 0.396 e. The van der Waals surface area contributed by atoms with E-state index >= 15 is 4.79 Å². The first-order valence-electron chi connectivity index (χ1n) is 26.2. The molecule has 9 aliphatic rings. The highest BCUT2D eigenvalue weighted by Crippen LogP contribution is 2.74. The quantitative estimate of drug-likeness (QED) is 0.117. The maximum Gasteiger partial charge on any atom is 0.182 e. The highest BCUT2D eigenvalue weighted by Gasteiger charge is 2.76. The van der Waals surface area contributed by atoms with Gasteiger partial charge in [-0.3, -0.25) is 4.79 Å². The number of rotatable bonds is 13. The zero-order valence-corrected chi connectivity index (χ0v) is 39.9. The Labute approximate surface area is 392 Å². The average Bonchev–Trinajstić information content (AvgIpc) is 3.54. The smallest absolute Gasteiger partial charge is 0.182 e. The van der Waals surface area contributed by atoms with Crippen molar-refractivity contribution >= 4 is 5.78 Å². The lowest BCUT2D eigenvalue weighted by Crippen LogP contribution is -2.70. The number of nitrogens with one attached hydrogen (secondary N) is 2. The van der Waals surface area contributed by atoms with Crippen molar-refractivity contribution in [2.24, 2.45) is 63.9 Å². The van der Waals surface area contributed by atoms with Crippen LogP contribution in [0.3, 0.4) is 0 Å². The second kappa shape index (κ2) is 18.5. The number of nitrogens with two attached hydrogens (primary N) is 1. The number of carbonyl (C=O) groups is 1. The lowest BCUT2D eigenvalue weighted by molar-refractivity contribution is -0.258. The Bertz CT molecular complexity index is 1930. The van der Waals surface area contributed by atoms with Crippen LogP contribution in [0.1, 0.15) is 143 Å². The molecule has 19 unspecified atom stereocenters. The molecule has 0 aromatic heterocycles. The zero-order chi connectivity index (χ0) is 47.0. The Morgan fingerprint density at radius 2 is 1.76 bits per heavy atom. The summed E-state index contributed by atoms with van der Waals surface area (Å²) >= 11 is 0. The number of ketones is 1. The molecule has 1 spiro atoms. The summed E-state index contributed by atoms with van der Waals surface area (Å²) in [5.41, 5.74) is 1.70. The van der Waals surface area contributed by atoms with Crippen molar-refractivity contribution in [2.75, 3.05) is 19.8 Å². The Hall–Kier alpha value is -2.17. The van der Waals surface area contributed by atoms with Gasteiger partial charge in [-0.25, -0.2) is 0 Å². The Balaban J connectivity index is 1.19. The maximum atomic E-state index is 15.6. The van der Waals surface area contributed by atoms with Crippen molar-refractivity contribution in [2.45, 2.75) is 196 Å². The number of aliphatic hydroxyl groups excluding tert-OH is 5. The fourth-order valence-corrected chi connectivity index (χ4v) is 17.0. The molecule has 6 fully saturated rings. The minimum atomic E-state index is -1.78. The van der Waals surface area contributed by atoms with Crippen LogP contribution in [0.5, 0.6) is 0 Å². The number of allylic oxidation sites excluding steroid dienone is 6. The van der Waals surface area contributed by atoms with Crippen molar-refractivity contribution in [1.82, 2.24) is 10.6 Å². The Morgan fingerprint density at radius 3 is 2.50 bits per heavy atom. The number of fused-ring (bicyclic) bond motifs is 5. The van der Waals surface area contributed by atoms with Gasteiger partial charge < -0.3 is 62.0 Å². The van der Waals surface area contributed by atoms with E-state index in [0.717, 1.165) is 56.2 Å². The van der Waals surface area contributed by atoms with Gasteiger partial charge in [-0.2, -0.15) is 0 Å². The molecule has 0 amide bonds. The molecular formula is C53H83N3O10. The summed E-state index contributed by atoms with van der Waals surface area (Å²) in [6.45, 7) is 5.40. The minimum Gasteiger partial charge on any atom is -0.396 e. The average molecular weight is 922 g/mol. The van der Waals surface area contributed by atoms with Gasteiger partial charge in [0.05, 0.1) is 53.6 Å². The molecule has 0 aromatic carbocycles. The molecular weight excluding hydrogens is 839 g/mol. The predicted molar refractivity (Wildman–Crippen MR) is 250 cm³/mol. The predicted octanol–water partition coefficient (Wildman–Crippen LogP) is 4.15. The van der Waals surface area contributed by atoms with E-state index < -0.39 is 76.0 Å². The monoisotopic (exact) mass is 922 g/mol. The van der Waals surface area contributed by atoms with Crippen LogP contribution in [0.25, 0.3) is 0 Å². The molecule has 19 atom stereocenters. The van der Waals surface area contributed by atoms with E-state index in [-0.39, 0.29) is 80.8 Å². The number of dihydropyridines is 1. The minimum absolute atomic E-state index is 0.00278. The van der Waals surface area contributed by atoms with Gasteiger partial charge in [0.15, 0.2) is 5.78 Å². The number of hydrogen-bond donors (Lipinski definition) is 11. The number of Topliss-reactive ketones (excluding diaryl/α,β-unsaturated/α-hetero) is 1. The normalized spacial score (nSPS) is 46.7. The molecule has 0 radical (unpaired) electrons. The fraction of sp³-hybridized carbons (Fsp3) is 0.830. The first kappa shape index (κ1) is 48.8. The van der Waals surface area contributed by atoms with Crippen molar-refractivity contribution in [3.63, 3.8) is 0 Å². The number of carbonyl (C=O) groups excluding carboxylic acids is 1. The lowest BCUT2D eigenvalue weighted by atomic mass is 9.40. The van der Waals surface area contributed by atoms with Crippen LogP contribution >= 0.6 is 0 Å². The van der Waals surface area contributed by atoms with Gasteiger partial charge in [0.2, 0.25) is 0 Å². The zero-order valence-electron chi connectivity index (χ0n) is 39.9. The van der Waals surface area contributed by atoms with Crippen LogP contribution in [-0.2, 0) is 9.53 Å². The number of ether oxygens (including phenoxy) is 1. The summed E-state index contributed by atoms with van der Waals surface area (Å²) < 4.78 is 7.11. The third-order valence-corrected chi connectivity index (χ3v) is 19.8. The molecule has 66 heavy (non-hydrogen) atoms. The second-order valence-corrected chi connectivity index (χ2v) is 23.2. The van der Waals surface area contributed by atoms with Gasteiger partial charge in [-0.1, -0.05) is 57.3 Å². The first-order chi connectivity index (χ1) is 31.5. The molecule has 0 aromatic rings. The molecule has 13 heteroatoms. The Kier molecular flexibility index (Phi) is 13.7. The van der Waals surface area contributed by atoms with Gasteiger partial charge >= 0.3 is 0 Å². The van der Waals surface area contributed by atoms with Gasteiger partial charge in [0, 0.05) is 42.7 Å². The van der Waals surface area contributed by atoms with E-state index in [1.165, 1.54) is 12.8 Å². The molecule has 2 aliphatic heterocycles. The number of aliphatic hydroxyl groups is 8. The fourth-order valence-electron chi connectivity index (χ4n) is 17.0. The third-order valence-electron chi connectivity index (χ3n) is 19.8. The third kappa shape index (κ3) is 7.66. The molecule has 1 saturated heterocycles. The lowest BCUT2D eigenvalue weighted by Gasteiger charge is -2.65. The van der Waals surface area contributed by atoms with E-state index in [1.54, 1.807) is 13.8 Å². The molecule has 5 saturated carbocycles. The maximum absolute atomic E-state index is 15.6. The van der Waals surface area contributed by atoms with E-state index in [1.807, 2.05) is 12.2 Å². The van der Waals surface area contributed by atoms with Crippen molar-refractivity contribution in [1.29, 1.82) is 0 Å². The van der Waals surface area contributed by atoms with E-state index in [0.29, 0.717) is 55.9 Å². The number of hydrogen-bond acceptors (Lipinski definition) is 13. The van der Waals surface area contributed by atoms with Gasteiger partial charge in [-0.05, 0) is 162 Å². The van der Waals surface area contributed by atoms with E-state index in [2.05, 4.69) is 29.7 Å². The van der Waals surface area contributed by atoms with Crippen LogP contribution in [0.4, 0.5) is 0 Å². The summed E-state index contributed by atoms with van der Waals surface area (Å²) in [7, 11) is 0. The highest BCUT2D eigenvalue weighted by molar-refractivity contribution is 6.00. The van der Waals surface area contributed by atoms with E-state index in [4.69, 9.17) is 10.5 Å². The molecule has 7 aliphatic carbocycles. The van der Waals surface area contributed by atoms with Gasteiger partial charge in [-0.15, -0.1) is 0 Å². The summed E-state index contributed by atoms with van der Waals surface area (Å²) in [6.07, 6.45) is 16.5. The molecule has 2 heterocycles. The van der Waals surface area contributed by atoms with Gasteiger partial charge in [0.1, 0.15) is 5.60 Å². The van der Waals surface area contributed by atoms with Crippen LogP contribution in [-0.4, -0.2) is 120 Å². The Morgan fingerprint density at radius 1 is 0.970 bits per heavy atom. The summed E-state index contributed by atoms with van der Waals surface area (Å²) in [4.78, 5) is 15.6. The van der Waals surface area contributed by atoms with Crippen molar-refractivity contribution in [3.05, 3.63) is 46.8 Å². The van der Waals surface area contributed by atoms with Gasteiger partial charge in [0.25, 0.3) is 0 Å². The van der Waals surface area contributed by atoms with Crippen molar-refractivity contribution < 1.29 is 50.4 Å². The SMILES string of the molecule is CCCC1CCC2OC3C(CCCCC3(O)C(C)(O)C3CCC4(O)C5=C(NCC(C)O)C(=O)C6CC(O)C(O)CC67CC(C6=C(CCCO)NC(N)C=C6)C=CC(CC34CCO)C57)C2CC1. The second-order valence-electron chi connectivity index (χ2n) is 23.2. The van der Waals surface area contributed by atoms with Crippen molar-refractivity contribution in [3.8, 4) is 0 Å². The standard InChI is InChI=1S/C53H83N3O10/c1-4-8-31-11-15-35-36-9-5-6-20-53(65,48(36)66-41(35)17-12-31)49(3,63)42-19-21-52(64)45-44-33(27-51(42,52)22-24-58)14-13-32(34-16-18-43(54)56-38(34)10-7-23-57)26-50(44)28-40(61)39(60)25-37(50)47(62)46(45)55-29-30(2)59/h13-14,16,18,30-33,35-37,39-44,48,55-61,63-65H,4-12,15,17,19-29,54H2,1-3H3. The van der Waals surface area contributed by atoms with Crippen LogP contribution in [0.15, 0.2) is 46.8 Å². The molecule has 9 rings (SSSR count). The van der Waals surface area contributed by atoms with Crippen LogP contribution in [0.2, 0.25) is 0 Å². The molecule has 0 bridgehead atoms. The topological polar surface area (TPSA) is 238 Å². The first-order valence-corrected chi connectivity index (χ1v) is 26.2. The van der Waals surface area contributed by atoms with E-state index in [9.17, 15) is 40.9 Å².